The fourth-order valence-corrected chi connectivity index (χ4v) is 5.18. The number of quaternary nitrogens is 10. The highest BCUT2D eigenvalue weighted by Crippen LogP contribution is 2.23. The second-order valence-electron chi connectivity index (χ2n) is 12.7. The summed E-state index contributed by atoms with van der Waals surface area (Å²) < 4.78 is 143. The highest BCUT2D eigenvalue weighted by atomic mass is 19.2. The Morgan fingerprint density at radius 1 is 0.246 bits per heavy atom. The van der Waals surface area contributed by atoms with Crippen molar-refractivity contribution >= 4 is 0 Å². The summed E-state index contributed by atoms with van der Waals surface area (Å²) in [5.41, 5.74) is 36.7. The van der Waals surface area contributed by atoms with Crippen molar-refractivity contribution in [2.24, 2.45) is 0 Å². The van der Waals surface area contributed by atoms with Gasteiger partial charge < -0.3 is 57.3 Å². The minimum atomic E-state index is -1.38. The van der Waals surface area contributed by atoms with E-state index in [1.54, 1.807) is 18.2 Å². The van der Waals surface area contributed by atoms with Crippen molar-refractivity contribution in [3.8, 4) is 0 Å². The Kier molecular flexibility index (Phi) is 23.9. The maximum Gasteiger partial charge on any atom is 0.171 e. The van der Waals surface area contributed by atoms with E-state index >= 15 is 0 Å². The van der Waals surface area contributed by atoms with Gasteiger partial charge in [-0.25, -0.2) is 48.3 Å². The molecule has 0 aliphatic rings. The van der Waals surface area contributed by atoms with Gasteiger partial charge in [-0.3, -0.25) is 0 Å². The zero-order valence-electron chi connectivity index (χ0n) is 34.0. The first-order chi connectivity index (χ1) is 28.9. The average molecular weight is 889 g/mol. The molecule has 0 radical (unpaired) electrons. The molecule has 5 aromatic rings. The van der Waals surface area contributed by atoms with Crippen LogP contribution >= 0.6 is 0 Å². The van der Waals surface area contributed by atoms with Crippen molar-refractivity contribution in [1.82, 2.24) is 0 Å². The van der Waals surface area contributed by atoms with Gasteiger partial charge in [-0.2, -0.15) is 0 Å². The maximum absolute atomic E-state index is 13.0. The van der Waals surface area contributed by atoms with E-state index in [0.717, 1.165) is 5.56 Å². The molecule has 10 nitrogen and oxygen atoms in total. The fraction of sp³-hybridized carbons (Fsp3) is 0.250. The Balaban J connectivity index is 0.000000382. The highest BCUT2D eigenvalue weighted by molar-refractivity contribution is 5.29. The first kappa shape index (κ1) is 53.9. The lowest BCUT2D eigenvalue weighted by Crippen LogP contribution is -2.50. The van der Waals surface area contributed by atoms with Crippen LogP contribution in [0.15, 0.2) is 54.6 Å². The summed E-state index contributed by atoms with van der Waals surface area (Å²) in [6.45, 7) is 2.03. The predicted molar refractivity (Wildman–Crippen MR) is 198 cm³/mol. The molecule has 0 spiro atoms. The smallest absolute Gasteiger partial charge is 0.171 e. The summed E-state index contributed by atoms with van der Waals surface area (Å²) >= 11 is 0. The quantitative estimate of drug-likeness (QED) is 0.0510. The van der Waals surface area contributed by atoms with E-state index < -0.39 is 69.3 Å². The van der Waals surface area contributed by atoms with E-state index in [2.05, 4.69) is 57.3 Å². The number of benzene rings is 5. The molecule has 0 unspecified atom stereocenters. The molecule has 0 amide bonds. The van der Waals surface area contributed by atoms with Crippen LogP contribution in [-0.4, -0.2) is 0 Å². The van der Waals surface area contributed by atoms with Crippen LogP contribution in [0.1, 0.15) is 55.6 Å². The standard InChI is InChI=1S/C8H8F4N2.3C8H10F2N2.C8H11FN2/c9-5-3(1-13)6(10)8(12)4(2-14)7(5)11;9-7-1-5(3-11)8(10)2-6(7)4-12;9-7-1-5(3-11)2-8(10)6(7)4-12;9-7-5(3-11)1-2-6(4-12)8(7)10;9-8-3-6(4-10)1-2-7(8)5-11/h1-2,13-14H2;3*1-2H,3-4,11-12H2;1-3H,4-5,10-11H2/p+10. The molecule has 0 aliphatic carbocycles. The van der Waals surface area contributed by atoms with Gasteiger partial charge in [0, 0.05) is 38.9 Å². The van der Waals surface area contributed by atoms with Crippen LogP contribution < -0.4 is 57.3 Å². The van der Waals surface area contributed by atoms with E-state index in [4.69, 9.17) is 0 Å². The Bertz CT molecular complexity index is 2030. The monoisotopic (exact) mass is 888 g/mol. The van der Waals surface area contributed by atoms with Crippen LogP contribution in [0.25, 0.3) is 0 Å². The van der Waals surface area contributed by atoms with Crippen molar-refractivity contribution in [1.29, 1.82) is 0 Å². The van der Waals surface area contributed by atoms with E-state index in [0.29, 0.717) is 53.0 Å². The normalized spacial score (nSPS) is 10.4. The summed E-state index contributed by atoms with van der Waals surface area (Å²) in [4.78, 5) is 0. The Morgan fingerprint density at radius 3 is 0.820 bits per heavy atom. The van der Waals surface area contributed by atoms with Crippen molar-refractivity contribution in [3.05, 3.63) is 174 Å². The van der Waals surface area contributed by atoms with Crippen molar-refractivity contribution in [2.75, 3.05) is 0 Å². The average Bonchev–Trinajstić information content (AvgIpc) is 3.25. The number of halogens is 11. The van der Waals surface area contributed by atoms with E-state index in [1.165, 1.54) is 30.3 Å². The summed E-state index contributed by atoms with van der Waals surface area (Å²) in [6, 6.07) is 13.2. The second kappa shape index (κ2) is 27.0. The Labute approximate surface area is 345 Å². The van der Waals surface area contributed by atoms with Gasteiger partial charge in [0.25, 0.3) is 0 Å². The van der Waals surface area contributed by atoms with Gasteiger partial charge in [0.15, 0.2) is 34.9 Å². The summed E-state index contributed by atoms with van der Waals surface area (Å²) in [7, 11) is 0. The molecule has 0 fully saturated rings. The third-order valence-corrected chi connectivity index (χ3v) is 8.90. The largest absolute Gasteiger partial charge is 0.354 e. The van der Waals surface area contributed by atoms with Gasteiger partial charge in [0.1, 0.15) is 81.4 Å². The molecular weight excluding hydrogens is 829 g/mol. The maximum atomic E-state index is 13.0. The molecular formula is C40H59F11N10+10. The number of rotatable bonds is 10. The van der Waals surface area contributed by atoms with Crippen molar-refractivity contribution in [3.63, 3.8) is 0 Å². The van der Waals surface area contributed by atoms with E-state index in [-0.39, 0.29) is 57.2 Å². The molecule has 0 saturated carbocycles. The summed E-state index contributed by atoms with van der Waals surface area (Å²) in [5.74, 6) is -9.09. The molecule has 0 aromatic heterocycles. The SMILES string of the molecule is [NH3+]Cc1c(F)c(F)c(C[NH3+])c(F)c1F.[NH3+]Cc1cc(F)c(C[NH3+])c(F)c1.[NH3+]Cc1cc(F)c(C[NH3+])cc1F.[NH3+]Cc1ccc(C[NH3+])c(F)c1.[NH3+]Cc1ccc(C[NH3+])c(F)c1F. The first-order valence-electron chi connectivity index (χ1n) is 18.8. The summed E-state index contributed by atoms with van der Waals surface area (Å²) in [6.07, 6.45) is 0. The molecule has 0 heterocycles. The predicted octanol–water partition coefficient (Wildman–Crippen LogP) is -2.62. The minimum Gasteiger partial charge on any atom is -0.354 e. The summed E-state index contributed by atoms with van der Waals surface area (Å²) in [5, 5.41) is 0. The van der Waals surface area contributed by atoms with Crippen LogP contribution in [-0.2, 0) is 65.4 Å². The molecule has 21 heteroatoms. The van der Waals surface area contributed by atoms with Crippen molar-refractivity contribution in [2.45, 2.75) is 65.4 Å². The Morgan fingerprint density at radius 2 is 0.541 bits per heavy atom. The van der Waals surface area contributed by atoms with Gasteiger partial charge in [-0.15, -0.1) is 0 Å². The third kappa shape index (κ3) is 15.1. The van der Waals surface area contributed by atoms with Crippen LogP contribution in [0.4, 0.5) is 48.3 Å². The Hall–Kier alpha value is -5.07. The third-order valence-electron chi connectivity index (χ3n) is 8.90. The molecule has 5 aromatic carbocycles. The second-order valence-corrected chi connectivity index (χ2v) is 12.7. The van der Waals surface area contributed by atoms with Gasteiger partial charge in [-0.1, -0.05) is 6.07 Å². The van der Waals surface area contributed by atoms with Gasteiger partial charge in [0.2, 0.25) is 0 Å². The van der Waals surface area contributed by atoms with E-state index in [9.17, 15) is 48.3 Å². The zero-order valence-corrected chi connectivity index (χ0v) is 34.0. The zero-order chi connectivity index (χ0) is 46.6. The van der Waals surface area contributed by atoms with Crippen LogP contribution in [0, 0.1) is 64.0 Å². The highest BCUT2D eigenvalue weighted by Gasteiger charge is 2.25. The van der Waals surface area contributed by atoms with Crippen LogP contribution in [0.3, 0.4) is 0 Å². The fourth-order valence-electron chi connectivity index (χ4n) is 5.18. The topological polar surface area (TPSA) is 276 Å². The van der Waals surface area contributed by atoms with Gasteiger partial charge in [0.05, 0.1) is 29.8 Å². The lowest BCUT2D eigenvalue weighted by molar-refractivity contribution is -0.389. The van der Waals surface area contributed by atoms with Gasteiger partial charge in [-0.05, 0) is 48.5 Å². The number of hydrogen-bond donors (Lipinski definition) is 10. The van der Waals surface area contributed by atoms with Crippen LogP contribution in [0.2, 0.25) is 0 Å². The van der Waals surface area contributed by atoms with E-state index in [1.807, 2.05) is 6.07 Å². The molecule has 0 saturated heterocycles. The molecule has 0 bridgehead atoms. The van der Waals surface area contributed by atoms with Gasteiger partial charge >= 0.3 is 0 Å². The molecule has 30 N–H and O–H groups in total. The van der Waals surface area contributed by atoms with Crippen LogP contribution in [0.5, 0.6) is 0 Å². The lowest BCUT2D eigenvalue weighted by atomic mass is 10.1. The number of hydrogen-bond acceptors (Lipinski definition) is 0. The molecule has 336 valence electrons. The van der Waals surface area contributed by atoms with Crippen molar-refractivity contribution < 1.29 is 106 Å². The minimum absolute atomic E-state index is 0.0483. The lowest BCUT2D eigenvalue weighted by Gasteiger charge is -2.06. The molecule has 61 heavy (non-hydrogen) atoms. The molecule has 0 atom stereocenters. The molecule has 0 aliphatic heterocycles. The molecule has 5 rings (SSSR count). The first-order valence-corrected chi connectivity index (χ1v) is 18.8.